The first kappa shape index (κ1) is 16.9. The summed E-state index contributed by atoms with van der Waals surface area (Å²) in [5, 5.41) is 11.6. The summed E-state index contributed by atoms with van der Waals surface area (Å²) >= 11 is 0. The van der Waals surface area contributed by atoms with Gasteiger partial charge in [-0.15, -0.1) is 0 Å². The van der Waals surface area contributed by atoms with Crippen molar-refractivity contribution in [1.82, 2.24) is 0 Å². The molecule has 132 valence electrons. The summed E-state index contributed by atoms with van der Waals surface area (Å²) in [6.07, 6.45) is 0. The summed E-state index contributed by atoms with van der Waals surface area (Å²) in [6.45, 7) is 0.466. The third-order valence-corrected chi connectivity index (χ3v) is 4.51. The molecule has 0 fully saturated rings. The van der Waals surface area contributed by atoms with Crippen molar-refractivity contribution in [2.45, 2.75) is 6.61 Å². The van der Waals surface area contributed by atoms with Crippen LogP contribution >= 0.6 is 0 Å². The summed E-state index contributed by atoms with van der Waals surface area (Å²) in [6, 6.07) is 28.9. The van der Waals surface area contributed by atoms with Gasteiger partial charge >= 0.3 is 5.97 Å². The van der Waals surface area contributed by atoms with Crippen LogP contribution in [-0.2, 0) is 6.61 Å². The quantitative estimate of drug-likeness (QED) is 0.494. The number of carbonyl (C=O) groups is 1. The molecule has 0 amide bonds. The first-order chi connectivity index (χ1) is 13.2. The molecule has 0 bridgehead atoms. The topological polar surface area (TPSA) is 46.5 Å². The van der Waals surface area contributed by atoms with Crippen molar-refractivity contribution in [2.75, 3.05) is 0 Å². The number of carboxylic acids is 1. The lowest BCUT2D eigenvalue weighted by Crippen LogP contribution is -2.00. The highest BCUT2D eigenvalue weighted by molar-refractivity contribution is 6.02. The Balaban J connectivity index is 1.70. The van der Waals surface area contributed by atoms with Crippen molar-refractivity contribution in [1.29, 1.82) is 0 Å². The van der Waals surface area contributed by atoms with E-state index in [0.717, 1.165) is 21.9 Å². The molecule has 0 unspecified atom stereocenters. The Bertz CT molecular complexity index is 1100. The fourth-order valence-electron chi connectivity index (χ4n) is 3.15. The van der Waals surface area contributed by atoms with Gasteiger partial charge in [-0.05, 0) is 51.7 Å². The van der Waals surface area contributed by atoms with Crippen LogP contribution in [0.25, 0.3) is 21.9 Å². The van der Waals surface area contributed by atoms with Crippen LogP contribution in [-0.4, -0.2) is 11.1 Å². The smallest absolute Gasteiger partial charge is 0.336 e. The predicted molar refractivity (Wildman–Crippen MR) is 107 cm³/mol. The summed E-state index contributed by atoms with van der Waals surface area (Å²) < 4.78 is 5.89. The molecule has 4 rings (SSSR count). The van der Waals surface area contributed by atoms with Crippen molar-refractivity contribution < 1.29 is 14.6 Å². The van der Waals surface area contributed by atoms with E-state index in [0.29, 0.717) is 17.9 Å². The normalized spacial score (nSPS) is 10.7. The second kappa shape index (κ2) is 7.34. The summed E-state index contributed by atoms with van der Waals surface area (Å²) in [5.74, 6) is -0.229. The first-order valence-corrected chi connectivity index (χ1v) is 8.74. The zero-order valence-corrected chi connectivity index (χ0v) is 14.6. The number of aromatic carboxylic acids is 1. The molecule has 4 aromatic carbocycles. The van der Waals surface area contributed by atoms with Gasteiger partial charge in [-0.3, -0.25) is 0 Å². The molecule has 0 aliphatic carbocycles. The zero-order chi connectivity index (χ0) is 18.6. The van der Waals surface area contributed by atoms with E-state index in [9.17, 15) is 9.90 Å². The molecule has 3 nitrogen and oxygen atoms in total. The maximum absolute atomic E-state index is 11.8. The monoisotopic (exact) mass is 354 g/mol. The Morgan fingerprint density at radius 3 is 2.22 bits per heavy atom. The Kier molecular flexibility index (Phi) is 4.58. The van der Waals surface area contributed by atoms with Crippen LogP contribution in [0.4, 0.5) is 0 Å². The van der Waals surface area contributed by atoms with Crippen LogP contribution in [0.2, 0.25) is 0 Å². The highest BCUT2D eigenvalue weighted by atomic mass is 16.5. The molecule has 0 spiro atoms. The average molecular weight is 354 g/mol. The summed E-state index contributed by atoms with van der Waals surface area (Å²) in [4.78, 5) is 11.8. The molecule has 1 N–H and O–H groups in total. The maximum atomic E-state index is 11.8. The van der Waals surface area contributed by atoms with Crippen molar-refractivity contribution >= 4 is 16.7 Å². The number of hydrogen-bond acceptors (Lipinski definition) is 2. The summed E-state index contributed by atoms with van der Waals surface area (Å²) in [7, 11) is 0. The number of carboxylic acid groups (broad SMARTS) is 1. The van der Waals surface area contributed by atoms with Crippen molar-refractivity contribution in [2.24, 2.45) is 0 Å². The van der Waals surface area contributed by atoms with E-state index in [1.165, 1.54) is 0 Å². The molecule has 0 radical (unpaired) electrons. The fraction of sp³-hybridized carbons (Fsp3) is 0.0417. The SMILES string of the molecule is O=C(O)c1cc2ccccc2cc1-c1cccc(OCc2ccccc2)c1. The highest BCUT2D eigenvalue weighted by Gasteiger charge is 2.14. The average Bonchev–Trinajstić information content (AvgIpc) is 2.72. The maximum Gasteiger partial charge on any atom is 0.336 e. The minimum atomic E-state index is -0.939. The van der Waals surface area contributed by atoms with E-state index in [1.54, 1.807) is 6.07 Å². The van der Waals surface area contributed by atoms with Gasteiger partial charge in [0.2, 0.25) is 0 Å². The molecule has 0 aromatic heterocycles. The Labute approximate surface area is 157 Å². The van der Waals surface area contributed by atoms with E-state index < -0.39 is 5.97 Å². The second-order valence-corrected chi connectivity index (χ2v) is 6.35. The second-order valence-electron chi connectivity index (χ2n) is 6.35. The predicted octanol–water partition coefficient (Wildman–Crippen LogP) is 5.78. The molecule has 3 heteroatoms. The Morgan fingerprint density at radius 1 is 0.778 bits per heavy atom. The van der Waals surface area contributed by atoms with Crippen molar-refractivity contribution in [3.63, 3.8) is 0 Å². The third-order valence-electron chi connectivity index (χ3n) is 4.51. The lowest BCUT2D eigenvalue weighted by Gasteiger charge is -2.11. The van der Waals surface area contributed by atoms with Gasteiger partial charge in [0.15, 0.2) is 0 Å². The number of rotatable bonds is 5. The molecular formula is C24H18O3. The number of ether oxygens (including phenoxy) is 1. The third kappa shape index (κ3) is 3.67. The molecular weight excluding hydrogens is 336 g/mol. The van der Waals surface area contributed by atoms with E-state index >= 15 is 0 Å². The largest absolute Gasteiger partial charge is 0.489 e. The number of hydrogen-bond donors (Lipinski definition) is 1. The van der Waals surface area contributed by atoms with Crippen LogP contribution in [0, 0.1) is 0 Å². The van der Waals surface area contributed by atoms with Gasteiger partial charge in [-0.25, -0.2) is 4.79 Å². The van der Waals surface area contributed by atoms with Gasteiger partial charge in [0, 0.05) is 0 Å². The van der Waals surface area contributed by atoms with Crippen LogP contribution in [0.5, 0.6) is 5.75 Å². The van der Waals surface area contributed by atoms with E-state index in [-0.39, 0.29) is 5.56 Å². The highest BCUT2D eigenvalue weighted by Crippen LogP contribution is 2.31. The molecule has 0 aliphatic heterocycles. The van der Waals surface area contributed by atoms with Gasteiger partial charge in [0.1, 0.15) is 12.4 Å². The van der Waals surface area contributed by atoms with Gasteiger partial charge in [-0.1, -0.05) is 66.7 Å². The van der Waals surface area contributed by atoms with Gasteiger partial charge < -0.3 is 9.84 Å². The molecule has 0 saturated heterocycles. The van der Waals surface area contributed by atoms with Gasteiger partial charge in [-0.2, -0.15) is 0 Å². The lowest BCUT2D eigenvalue weighted by molar-refractivity contribution is 0.0698. The molecule has 0 saturated carbocycles. The molecule has 0 atom stereocenters. The van der Waals surface area contributed by atoms with Crippen LogP contribution < -0.4 is 4.74 Å². The molecule has 4 aromatic rings. The van der Waals surface area contributed by atoms with Crippen molar-refractivity contribution in [3.05, 3.63) is 102 Å². The Morgan fingerprint density at radius 2 is 1.48 bits per heavy atom. The molecule has 0 aliphatic rings. The van der Waals surface area contributed by atoms with Crippen LogP contribution in [0.1, 0.15) is 15.9 Å². The Hall–Kier alpha value is -3.59. The number of fused-ring (bicyclic) bond motifs is 1. The molecule has 27 heavy (non-hydrogen) atoms. The molecule has 0 heterocycles. The first-order valence-electron chi connectivity index (χ1n) is 8.74. The van der Waals surface area contributed by atoms with Crippen LogP contribution in [0.15, 0.2) is 91.0 Å². The summed E-state index contributed by atoms with van der Waals surface area (Å²) in [5.41, 5.74) is 2.88. The fourth-order valence-corrected chi connectivity index (χ4v) is 3.15. The van der Waals surface area contributed by atoms with E-state index in [1.807, 2.05) is 84.9 Å². The zero-order valence-electron chi connectivity index (χ0n) is 14.6. The van der Waals surface area contributed by atoms with Crippen LogP contribution in [0.3, 0.4) is 0 Å². The van der Waals surface area contributed by atoms with Gasteiger partial charge in [0.05, 0.1) is 5.56 Å². The number of benzene rings is 4. The van der Waals surface area contributed by atoms with Crippen molar-refractivity contribution in [3.8, 4) is 16.9 Å². The minimum Gasteiger partial charge on any atom is -0.489 e. The lowest BCUT2D eigenvalue weighted by atomic mass is 9.95. The van der Waals surface area contributed by atoms with E-state index in [4.69, 9.17) is 4.74 Å². The standard InChI is InChI=1S/C24H18O3/c25-24(26)23-15-19-10-5-4-9-18(19)14-22(23)20-11-6-12-21(13-20)27-16-17-7-2-1-3-8-17/h1-15H,16H2,(H,25,26). The minimum absolute atomic E-state index is 0.286. The van der Waals surface area contributed by atoms with Gasteiger partial charge in [0.25, 0.3) is 0 Å². The van der Waals surface area contributed by atoms with E-state index in [2.05, 4.69) is 0 Å².